The topological polar surface area (TPSA) is 93.1 Å². The predicted molar refractivity (Wildman–Crippen MR) is 144 cm³/mol. The van der Waals surface area contributed by atoms with Gasteiger partial charge in [-0.2, -0.15) is 0 Å². The van der Waals surface area contributed by atoms with Crippen LogP contribution in [0.5, 0.6) is 0 Å². The average Bonchev–Trinajstić information content (AvgIpc) is 3.50. The third kappa shape index (κ3) is 4.20. The van der Waals surface area contributed by atoms with E-state index in [0.717, 1.165) is 22.3 Å². The average molecular weight is 532 g/mol. The minimum atomic E-state index is -1.84. The van der Waals surface area contributed by atoms with Crippen molar-refractivity contribution in [2.45, 2.75) is 43.7 Å². The van der Waals surface area contributed by atoms with Crippen LogP contribution < -0.4 is 5.32 Å². The summed E-state index contributed by atoms with van der Waals surface area (Å²) in [4.78, 5) is 31.1. The van der Waals surface area contributed by atoms with Crippen LogP contribution in [0.2, 0.25) is 5.02 Å². The molecule has 0 spiro atoms. The van der Waals surface area contributed by atoms with Gasteiger partial charge in [-0.25, -0.2) is 0 Å². The highest BCUT2D eigenvalue weighted by Gasteiger charge is 2.52. The van der Waals surface area contributed by atoms with Crippen LogP contribution in [-0.2, 0) is 28.3 Å². The zero-order valence-corrected chi connectivity index (χ0v) is 21.7. The Kier molecular flexibility index (Phi) is 6.48. The molecule has 2 saturated heterocycles. The molecule has 3 aromatic rings. The van der Waals surface area contributed by atoms with Gasteiger partial charge in [0, 0.05) is 48.9 Å². The number of aliphatic hydroxyl groups is 2. The van der Waals surface area contributed by atoms with E-state index < -0.39 is 17.6 Å². The van der Waals surface area contributed by atoms with Crippen LogP contribution >= 0.6 is 11.6 Å². The van der Waals surface area contributed by atoms with E-state index in [1.165, 1.54) is 4.90 Å². The molecule has 6 rings (SSSR count). The summed E-state index contributed by atoms with van der Waals surface area (Å²) in [5.41, 5.74) is 2.88. The molecule has 7 nitrogen and oxygen atoms in total. The summed E-state index contributed by atoms with van der Waals surface area (Å²) in [5.74, 6) is -0.711. The standard InChI is InChI=1S/C30H30ClN3O4/c31-21-12-11-19(16-33-17-22(35)18-33)20(14-21)15-32-28(36)27-10-5-13-34(27)29(37)30(38)25-8-3-1-6-23(25)24-7-2-4-9-26(24)30/h1-4,6-9,11-12,14,22,27,35,38H,5,10,13,15-18H2,(H,32,36)/t27-/m0/s1. The number of hydrogen-bond acceptors (Lipinski definition) is 5. The first-order valence-electron chi connectivity index (χ1n) is 13.0. The van der Waals surface area contributed by atoms with E-state index in [1.54, 1.807) is 12.1 Å². The van der Waals surface area contributed by atoms with Crippen LogP contribution in [0.15, 0.2) is 66.7 Å². The molecule has 0 bridgehead atoms. The maximum atomic E-state index is 14.0. The van der Waals surface area contributed by atoms with E-state index in [9.17, 15) is 19.8 Å². The molecule has 0 saturated carbocycles. The molecular weight excluding hydrogens is 502 g/mol. The largest absolute Gasteiger partial charge is 0.390 e. The van der Waals surface area contributed by atoms with E-state index in [0.29, 0.717) is 55.2 Å². The van der Waals surface area contributed by atoms with Crippen molar-refractivity contribution in [3.63, 3.8) is 0 Å². The number of carbonyl (C=O) groups is 2. The fraction of sp³-hybridized carbons (Fsp3) is 0.333. The van der Waals surface area contributed by atoms with Crippen LogP contribution in [0.1, 0.15) is 35.1 Å². The van der Waals surface area contributed by atoms with Crippen molar-refractivity contribution < 1.29 is 19.8 Å². The first kappa shape index (κ1) is 25.1. The normalized spacial score (nSPS) is 20.1. The third-order valence-corrected chi connectivity index (χ3v) is 8.24. The molecule has 0 unspecified atom stereocenters. The Morgan fingerprint density at radius 2 is 1.63 bits per heavy atom. The number of β-amino-alcohol motifs (C(OH)–C–C–N with tert-alkyl or cyclic N) is 1. The van der Waals surface area contributed by atoms with Crippen LogP contribution in [-0.4, -0.2) is 63.6 Å². The first-order valence-corrected chi connectivity index (χ1v) is 13.4. The third-order valence-electron chi connectivity index (χ3n) is 8.00. The van der Waals surface area contributed by atoms with Crippen molar-refractivity contribution in [2.75, 3.05) is 19.6 Å². The van der Waals surface area contributed by atoms with Gasteiger partial charge in [-0.05, 0) is 47.2 Å². The van der Waals surface area contributed by atoms with Crippen molar-refractivity contribution in [3.05, 3.63) is 94.0 Å². The van der Waals surface area contributed by atoms with Gasteiger partial charge >= 0.3 is 0 Å². The zero-order chi connectivity index (χ0) is 26.4. The van der Waals surface area contributed by atoms with E-state index >= 15 is 0 Å². The van der Waals surface area contributed by atoms with Crippen molar-refractivity contribution in [2.24, 2.45) is 0 Å². The Morgan fingerprint density at radius 3 is 2.29 bits per heavy atom. The summed E-state index contributed by atoms with van der Waals surface area (Å²) < 4.78 is 0. The van der Waals surface area contributed by atoms with E-state index in [2.05, 4.69) is 10.2 Å². The van der Waals surface area contributed by atoms with Gasteiger partial charge in [-0.15, -0.1) is 0 Å². The summed E-state index contributed by atoms with van der Waals surface area (Å²) in [6, 6.07) is 19.8. The summed E-state index contributed by atoms with van der Waals surface area (Å²) >= 11 is 6.26. The van der Waals surface area contributed by atoms with E-state index in [-0.39, 0.29) is 18.6 Å². The minimum absolute atomic E-state index is 0.246. The van der Waals surface area contributed by atoms with Gasteiger partial charge in [-0.3, -0.25) is 14.5 Å². The molecule has 0 radical (unpaired) electrons. The Labute approximate surface area is 226 Å². The molecule has 3 N–H and O–H groups in total. The Balaban J connectivity index is 1.21. The predicted octanol–water partition coefficient (Wildman–Crippen LogP) is 3.04. The molecule has 38 heavy (non-hydrogen) atoms. The summed E-state index contributed by atoms with van der Waals surface area (Å²) in [5, 5.41) is 25.2. The highest BCUT2D eigenvalue weighted by Crippen LogP contribution is 2.48. The van der Waals surface area contributed by atoms with Gasteiger partial charge < -0.3 is 20.4 Å². The molecule has 3 aromatic carbocycles. The molecule has 2 amide bonds. The van der Waals surface area contributed by atoms with Crippen molar-refractivity contribution in [1.29, 1.82) is 0 Å². The second-order valence-electron chi connectivity index (χ2n) is 10.4. The molecule has 3 aliphatic rings. The summed E-state index contributed by atoms with van der Waals surface area (Å²) in [7, 11) is 0. The lowest BCUT2D eigenvalue weighted by Gasteiger charge is -2.36. The molecular formula is C30H30ClN3O4. The Hall–Kier alpha value is -3.23. The second kappa shape index (κ2) is 9.82. The fourth-order valence-corrected chi connectivity index (χ4v) is 6.25. The Morgan fingerprint density at radius 1 is 0.974 bits per heavy atom. The lowest BCUT2D eigenvalue weighted by molar-refractivity contribution is -0.151. The molecule has 8 heteroatoms. The van der Waals surface area contributed by atoms with Gasteiger partial charge in [-0.1, -0.05) is 66.2 Å². The molecule has 196 valence electrons. The van der Waals surface area contributed by atoms with Crippen LogP contribution in [0.4, 0.5) is 0 Å². The lowest BCUT2D eigenvalue weighted by Crippen LogP contribution is -2.52. The SMILES string of the molecule is O=C(NCc1cc(Cl)ccc1CN1CC(O)C1)[C@@H]1CCCN1C(=O)C1(O)c2ccccc2-c2ccccc21. The number of amides is 2. The number of nitrogens with one attached hydrogen (secondary N) is 1. The number of carbonyl (C=O) groups excluding carboxylic acids is 2. The minimum Gasteiger partial charge on any atom is -0.390 e. The molecule has 2 heterocycles. The number of benzene rings is 3. The number of aliphatic hydroxyl groups excluding tert-OH is 1. The van der Waals surface area contributed by atoms with Crippen LogP contribution in [0.3, 0.4) is 0 Å². The summed E-state index contributed by atoms with van der Waals surface area (Å²) in [6.45, 7) is 2.60. The zero-order valence-electron chi connectivity index (χ0n) is 20.9. The number of hydrogen-bond donors (Lipinski definition) is 3. The Bertz CT molecular complexity index is 1360. The first-order chi connectivity index (χ1) is 18.4. The van der Waals surface area contributed by atoms with Gasteiger partial charge in [0.05, 0.1) is 6.10 Å². The van der Waals surface area contributed by atoms with Gasteiger partial charge in [0.1, 0.15) is 6.04 Å². The molecule has 0 aromatic heterocycles. The van der Waals surface area contributed by atoms with E-state index in [4.69, 9.17) is 11.6 Å². The highest BCUT2D eigenvalue weighted by atomic mass is 35.5. The quantitative estimate of drug-likeness (QED) is 0.455. The smallest absolute Gasteiger partial charge is 0.264 e. The van der Waals surface area contributed by atoms with Crippen molar-refractivity contribution in [1.82, 2.24) is 15.1 Å². The molecule has 2 fully saturated rings. The van der Waals surface area contributed by atoms with Gasteiger partial charge in [0.15, 0.2) is 5.60 Å². The highest BCUT2D eigenvalue weighted by molar-refractivity contribution is 6.30. The maximum Gasteiger partial charge on any atom is 0.264 e. The van der Waals surface area contributed by atoms with Crippen LogP contribution in [0, 0.1) is 0 Å². The molecule has 2 aliphatic heterocycles. The van der Waals surface area contributed by atoms with Crippen molar-refractivity contribution in [3.8, 4) is 11.1 Å². The monoisotopic (exact) mass is 531 g/mol. The molecule has 1 aliphatic carbocycles. The number of likely N-dealkylation sites (tertiary alicyclic amines) is 2. The lowest BCUT2D eigenvalue weighted by atomic mass is 9.89. The van der Waals surface area contributed by atoms with Gasteiger partial charge in [0.25, 0.3) is 5.91 Å². The number of rotatable bonds is 6. The van der Waals surface area contributed by atoms with Crippen molar-refractivity contribution >= 4 is 23.4 Å². The summed E-state index contributed by atoms with van der Waals surface area (Å²) in [6.07, 6.45) is 0.929. The van der Waals surface area contributed by atoms with E-state index in [1.807, 2.05) is 54.6 Å². The number of halogens is 1. The fourth-order valence-electron chi connectivity index (χ4n) is 6.06. The van der Waals surface area contributed by atoms with Crippen LogP contribution in [0.25, 0.3) is 11.1 Å². The molecule has 1 atom stereocenters. The number of nitrogens with zero attached hydrogens (tertiary/aromatic N) is 2. The number of fused-ring (bicyclic) bond motifs is 3. The maximum absolute atomic E-state index is 14.0. The van der Waals surface area contributed by atoms with Gasteiger partial charge in [0.2, 0.25) is 5.91 Å². The second-order valence-corrected chi connectivity index (χ2v) is 10.9.